The van der Waals surface area contributed by atoms with Crippen LogP contribution in [0, 0.1) is 0 Å². The molecule has 102 valence electrons. The molecule has 0 aliphatic carbocycles. The Morgan fingerprint density at radius 2 is 1.07 bits per heavy atom. The molecule has 0 saturated carbocycles. The van der Waals surface area contributed by atoms with Crippen LogP contribution in [0.25, 0.3) is 24.6 Å². The molecule has 0 atom stereocenters. The summed E-state index contributed by atoms with van der Waals surface area (Å²) in [6.45, 7) is 0. The Morgan fingerprint density at radius 3 is 1.07 bits per heavy atom. The van der Waals surface area contributed by atoms with Gasteiger partial charge in [0, 0.05) is 0 Å². The zero-order valence-electron chi connectivity index (χ0n) is 7.12. The minimum atomic E-state index is -1.31. The third-order valence-corrected chi connectivity index (χ3v) is 0.302. The first-order valence-electron chi connectivity index (χ1n) is 1.80. The summed E-state index contributed by atoms with van der Waals surface area (Å²) in [6.07, 6.45) is -0.806. The van der Waals surface area contributed by atoms with Crippen LogP contribution in [0.5, 0.6) is 0 Å². The minimum Gasteiger partial charge on any atom is -0.693 e. The van der Waals surface area contributed by atoms with Gasteiger partial charge in [0.15, 0.2) is 0 Å². The largest absolute Gasteiger partial charge is 2.00 e. The maximum absolute atomic E-state index is 9.43. The van der Waals surface area contributed by atoms with Crippen LogP contribution in [0.3, 0.4) is 0 Å². The van der Waals surface area contributed by atoms with Crippen LogP contribution in [0.4, 0.5) is 0 Å². The Kier molecular flexibility index (Phi) is 109. The zero-order chi connectivity index (χ0) is 8.57. The number of rotatable bonds is 2. The van der Waals surface area contributed by atoms with E-state index in [1.165, 1.54) is 0 Å². The van der Waals surface area contributed by atoms with Crippen molar-refractivity contribution in [2.45, 2.75) is 6.42 Å². The second kappa shape index (κ2) is 36.4. The summed E-state index contributed by atoms with van der Waals surface area (Å²) >= 11 is -0.472. The number of hydrogen-bond donors (Lipinski definition) is 2. The number of carboxylic acid groups (broad SMARTS) is 2. The summed E-state index contributed by atoms with van der Waals surface area (Å²) in [7, 11) is 9.75. The number of nitrogens with two attached hydrogens (primary N) is 4. The van der Waals surface area contributed by atoms with E-state index in [9.17, 15) is 9.59 Å². The van der Waals surface area contributed by atoms with Crippen LogP contribution in [0.1, 0.15) is 6.42 Å². The van der Waals surface area contributed by atoms with Crippen molar-refractivity contribution < 1.29 is 57.3 Å². The van der Waals surface area contributed by atoms with Crippen LogP contribution >= 0.6 is 18.8 Å². The molecule has 15 heavy (non-hydrogen) atoms. The van der Waals surface area contributed by atoms with E-state index < -0.39 is 34.8 Å². The smallest absolute Gasteiger partial charge is 0.693 e. The summed E-state index contributed by atoms with van der Waals surface area (Å²) in [4.78, 5) is 18.9. The fraction of sp³-hybridized carbons (Fsp3) is 0.333. The van der Waals surface area contributed by atoms with Gasteiger partial charge in [-0.15, -0.1) is 0 Å². The molecule has 0 unspecified atom stereocenters. The first-order valence-corrected chi connectivity index (χ1v) is 7.43. The van der Waals surface area contributed by atoms with E-state index in [2.05, 4.69) is 0 Å². The predicted octanol–water partition coefficient (Wildman–Crippen LogP) is 3.79. The molecule has 0 aromatic heterocycles. The Bertz CT molecular complexity index is 120. The molecule has 0 radical (unpaired) electrons. The van der Waals surface area contributed by atoms with Gasteiger partial charge in [0.25, 0.3) is 0 Å². The summed E-state index contributed by atoms with van der Waals surface area (Å²) < 4.78 is 0. The third kappa shape index (κ3) is 107. The van der Waals surface area contributed by atoms with Crippen LogP contribution < -0.4 is 0 Å². The molecule has 10 N–H and O–H groups in total. The normalized spacial score (nSPS) is 5.20. The van der Waals surface area contributed by atoms with E-state index in [1.54, 1.807) is 0 Å². The quantitative estimate of drug-likeness (QED) is 0.437. The number of hydrogen-bond acceptors (Lipinski definition) is 2. The average molecular weight is 629 g/mol. The van der Waals surface area contributed by atoms with Crippen molar-refractivity contribution in [3.63, 3.8) is 0 Å². The molecule has 0 aliphatic heterocycles. The Hall–Kier alpha value is 0.737. The molecule has 0 aromatic rings. The number of aliphatic carboxylic acids is 2. The molecule has 0 rings (SSSR count). The summed E-state index contributed by atoms with van der Waals surface area (Å²) in [5.41, 5.74) is 0. The van der Waals surface area contributed by atoms with Gasteiger partial charge in [-0.3, -0.25) is 9.59 Å². The van der Waals surface area contributed by atoms with Gasteiger partial charge in [0.05, 0.1) is 0 Å². The first kappa shape index (κ1) is 44.8. The van der Waals surface area contributed by atoms with E-state index in [-0.39, 0.29) is 45.7 Å². The number of carbonyl (C=O) groups is 2. The van der Waals surface area contributed by atoms with Crippen LogP contribution in [0.2, 0.25) is 0 Å². The van der Waals surface area contributed by atoms with Crippen LogP contribution in [-0.4, -0.2) is 22.2 Å². The number of carboxylic acids is 2. The molecule has 8 nitrogen and oxygen atoms in total. The Labute approximate surface area is 118 Å². The van der Waals surface area contributed by atoms with E-state index in [0.717, 1.165) is 0 Å². The Morgan fingerprint density at radius 1 is 0.933 bits per heavy atom. The SMILES string of the molecule is O=C(O)CC(=O)O.[Cl][Pt+2][Cl].[NH2-].[NH2-].[NH2-].[NH2-].[Pt+2]. The van der Waals surface area contributed by atoms with Crippen molar-refractivity contribution in [3.05, 3.63) is 24.6 Å². The predicted molar refractivity (Wildman–Crippen MR) is 52.7 cm³/mol. The second-order valence-corrected chi connectivity index (χ2v) is 4.29. The summed E-state index contributed by atoms with van der Waals surface area (Å²) in [5.74, 6) is -2.62. The molecule has 0 spiro atoms. The van der Waals surface area contributed by atoms with Crippen molar-refractivity contribution in [1.82, 2.24) is 0 Å². The van der Waals surface area contributed by atoms with Gasteiger partial charge in [-0.2, -0.15) is 0 Å². The Balaban J connectivity index is -0.0000000147. The van der Waals surface area contributed by atoms with E-state index in [4.69, 9.17) is 29.0 Å². The van der Waals surface area contributed by atoms with Crippen molar-refractivity contribution in [2.24, 2.45) is 0 Å². The fourth-order valence-electron chi connectivity index (χ4n) is 0.129. The zero-order valence-corrected chi connectivity index (χ0v) is 13.2. The van der Waals surface area contributed by atoms with E-state index in [0.29, 0.717) is 0 Å². The molecule has 12 heteroatoms. The molecule has 0 heterocycles. The van der Waals surface area contributed by atoms with Crippen molar-refractivity contribution in [2.75, 3.05) is 0 Å². The standard InChI is InChI=1S/C3H4O4.2ClH.4H2N.2Pt/c4-2(5)1-3(6)7;;;;;;;;/h1H2,(H,4,5)(H,6,7);2*1H;4*1H2;;/q;;;4*-1;+2;+4/p-2. The topological polar surface area (TPSA) is 209 Å². The van der Waals surface area contributed by atoms with Gasteiger partial charge >= 0.3 is 68.3 Å². The minimum absolute atomic E-state index is 0. The monoisotopic (exact) mass is 628 g/mol. The molecule has 0 aliphatic rings. The van der Waals surface area contributed by atoms with Crippen LogP contribution in [0.15, 0.2) is 0 Å². The third-order valence-electron chi connectivity index (χ3n) is 0.302. The number of halogens is 2. The van der Waals surface area contributed by atoms with Crippen molar-refractivity contribution in [3.8, 4) is 0 Å². The maximum Gasteiger partial charge on any atom is 2.00 e. The average Bonchev–Trinajstić information content (AvgIpc) is 1.62. The molecular formula is C3H12Cl2N4O4Pt2. The molecular weight excluding hydrogens is 617 g/mol. The molecule has 0 bridgehead atoms. The molecule has 0 saturated heterocycles. The van der Waals surface area contributed by atoms with Crippen molar-refractivity contribution in [1.29, 1.82) is 0 Å². The molecule has 0 aromatic carbocycles. The first-order chi connectivity index (χ1) is 4.54. The van der Waals surface area contributed by atoms with E-state index >= 15 is 0 Å². The van der Waals surface area contributed by atoms with Gasteiger partial charge in [0.2, 0.25) is 0 Å². The molecule has 0 fully saturated rings. The second-order valence-electron chi connectivity index (χ2n) is 1.01. The van der Waals surface area contributed by atoms with Crippen molar-refractivity contribution >= 4 is 30.8 Å². The summed E-state index contributed by atoms with van der Waals surface area (Å²) in [5, 5.41) is 15.4. The maximum atomic E-state index is 9.43. The van der Waals surface area contributed by atoms with Gasteiger partial charge in [-0.25, -0.2) is 0 Å². The van der Waals surface area contributed by atoms with Gasteiger partial charge < -0.3 is 34.8 Å². The van der Waals surface area contributed by atoms with Gasteiger partial charge in [-0.1, -0.05) is 0 Å². The van der Waals surface area contributed by atoms with Gasteiger partial charge in [-0.05, 0) is 0 Å². The van der Waals surface area contributed by atoms with Gasteiger partial charge in [0.1, 0.15) is 6.42 Å². The summed E-state index contributed by atoms with van der Waals surface area (Å²) in [6, 6.07) is 0. The van der Waals surface area contributed by atoms with E-state index in [1.807, 2.05) is 0 Å². The molecule has 0 amide bonds. The fourth-order valence-corrected chi connectivity index (χ4v) is 0.129. The van der Waals surface area contributed by atoms with Crippen LogP contribution in [-0.2, 0) is 47.1 Å².